The third-order valence-electron chi connectivity index (χ3n) is 6.14. The molecule has 11 nitrogen and oxygen atoms in total. The van der Waals surface area contributed by atoms with Crippen LogP contribution in [0, 0.1) is 0 Å². The van der Waals surface area contributed by atoms with Gasteiger partial charge in [0, 0.05) is 36.4 Å². The number of rotatable bonds is 10. The van der Waals surface area contributed by atoms with Gasteiger partial charge in [0.15, 0.2) is 5.82 Å². The molecule has 184 valence electrons. The molecule has 1 aromatic carbocycles. The van der Waals surface area contributed by atoms with E-state index in [-0.39, 0.29) is 5.69 Å². The molecular weight excluding hydrogens is 456 g/mol. The van der Waals surface area contributed by atoms with E-state index in [2.05, 4.69) is 49.5 Å². The second-order valence-corrected chi connectivity index (χ2v) is 8.61. The monoisotopic (exact) mass is 484 g/mol. The number of benzene rings is 1. The van der Waals surface area contributed by atoms with Crippen molar-refractivity contribution in [3.8, 4) is 28.5 Å². The van der Waals surface area contributed by atoms with E-state index in [1.807, 2.05) is 47.3 Å². The summed E-state index contributed by atoms with van der Waals surface area (Å²) >= 11 is 0. The van der Waals surface area contributed by atoms with Crippen LogP contribution in [0.1, 0.15) is 44.4 Å². The molecule has 4 aromatic heterocycles. The lowest BCUT2D eigenvalue weighted by Gasteiger charge is -2.12. The Bertz CT molecular complexity index is 1480. The number of tetrazole rings is 1. The van der Waals surface area contributed by atoms with Gasteiger partial charge in [0.1, 0.15) is 6.33 Å². The average molecular weight is 485 g/mol. The van der Waals surface area contributed by atoms with Gasteiger partial charge in [-0.1, -0.05) is 44.5 Å². The highest BCUT2D eigenvalue weighted by Crippen LogP contribution is 2.26. The molecule has 0 saturated heterocycles. The highest BCUT2D eigenvalue weighted by Gasteiger charge is 2.18. The van der Waals surface area contributed by atoms with Gasteiger partial charge in [-0.05, 0) is 52.4 Å². The van der Waals surface area contributed by atoms with E-state index in [0.29, 0.717) is 24.9 Å². The average Bonchev–Trinajstić information content (AvgIpc) is 3.66. The summed E-state index contributed by atoms with van der Waals surface area (Å²) in [4.78, 5) is 22.4. The van der Waals surface area contributed by atoms with E-state index < -0.39 is 0 Å². The number of nitrogens with zero attached hydrogens (tertiary/aromatic N) is 9. The second-order valence-electron chi connectivity index (χ2n) is 8.61. The number of unbranched alkanes of at least 4 members (excludes halogenated alkanes) is 1. The number of H-pyrrole nitrogens is 1. The summed E-state index contributed by atoms with van der Waals surface area (Å²) in [5.41, 5.74) is 4.73. The molecule has 0 radical (unpaired) electrons. The summed E-state index contributed by atoms with van der Waals surface area (Å²) in [6, 6.07) is 9.97. The SMILES string of the molecule is CCCCc1cn(-c2ncnn2CCC)c(=O)n1Cc1cnccc1-c1ccc(-c2nnn[nH]2)cc1. The van der Waals surface area contributed by atoms with E-state index in [0.717, 1.165) is 53.6 Å². The minimum Gasteiger partial charge on any atom is -0.291 e. The molecule has 0 fully saturated rings. The molecule has 36 heavy (non-hydrogen) atoms. The lowest BCUT2D eigenvalue weighted by atomic mass is 10.00. The Morgan fingerprint density at radius 1 is 1.03 bits per heavy atom. The van der Waals surface area contributed by atoms with Crippen molar-refractivity contribution in [1.29, 1.82) is 0 Å². The first-order valence-electron chi connectivity index (χ1n) is 12.2. The van der Waals surface area contributed by atoms with Crippen molar-refractivity contribution < 1.29 is 0 Å². The number of pyridine rings is 1. The number of aryl methyl sites for hydroxylation is 2. The smallest absolute Gasteiger partial charge is 0.291 e. The predicted octanol–water partition coefficient (Wildman–Crippen LogP) is 3.27. The normalized spacial score (nSPS) is 11.3. The first-order valence-corrected chi connectivity index (χ1v) is 12.2. The standard InChI is InChI=1S/C25H28N10O/c1-3-5-6-21-16-34(24-27-17-28-35(24)13-4-2)25(36)33(21)15-20-14-26-12-11-22(20)18-7-9-19(10-8-18)23-29-31-32-30-23/h7-12,14,16-17H,3-6,13,15H2,1-2H3,(H,29,30,31,32). The molecule has 4 heterocycles. The summed E-state index contributed by atoms with van der Waals surface area (Å²) < 4.78 is 5.22. The number of nitrogens with one attached hydrogen (secondary N) is 1. The predicted molar refractivity (Wildman–Crippen MR) is 134 cm³/mol. The summed E-state index contributed by atoms with van der Waals surface area (Å²) in [5, 5.41) is 18.3. The van der Waals surface area contributed by atoms with Crippen molar-refractivity contribution in [2.45, 2.75) is 52.6 Å². The molecule has 0 saturated carbocycles. The minimum atomic E-state index is -0.130. The fourth-order valence-electron chi connectivity index (χ4n) is 4.31. The van der Waals surface area contributed by atoms with Gasteiger partial charge < -0.3 is 0 Å². The Morgan fingerprint density at radius 3 is 2.61 bits per heavy atom. The van der Waals surface area contributed by atoms with E-state index in [1.165, 1.54) is 6.33 Å². The minimum absolute atomic E-state index is 0.130. The lowest BCUT2D eigenvalue weighted by molar-refractivity contribution is 0.578. The fraction of sp³-hybridized carbons (Fsp3) is 0.320. The van der Waals surface area contributed by atoms with Crippen molar-refractivity contribution in [3.63, 3.8) is 0 Å². The highest BCUT2D eigenvalue weighted by atomic mass is 16.2. The van der Waals surface area contributed by atoms with Gasteiger partial charge in [-0.3, -0.25) is 9.55 Å². The van der Waals surface area contributed by atoms with Crippen LogP contribution in [-0.4, -0.2) is 49.5 Å². The van der Waals surface area contributed by atoms with Crippen LogP contribution in [0.5, 0.6) is 0 Å². The van der Waals surface area contributed by atoms with Gasteiger partial charge in [-0.15, -0.1) is 5.10 Å². The maximum Gasteiger partial charge on any atom is 0.335 e. The van der Waals surface area contributed by atoms with Crippen molar-refractivity contribution >= 4 is 0 Å². The number of hydrogen-bond donors (Lipinski definition) is 1. The number of imidazole rings is 1. The Morgan fingerprint density at radius 2 is 1.86 bits per heavy atom. The largest absolute Gasteiger partial charge is 0.335 e. The van der Waals surface area contributed by atoms with Crippen LogP contribution in [0.15, 0.2) is 60.0 Å². The van der Waals surface area contributed by atoms with Crippen LogP contribution in [0.4, 0.5) is 0 Å². The van der Waals surface area contributed by atoms with Crippen molar-refractivity contribution in [3.05, 3.63) is 77.0 Å². The van der Waals surface area contributed by atoms with Gasteiger partial charge in [-0.25, -0.2) is 19.1 Å². The maximum atomic E-state index is 13.6. The highest BCUT2D eigenvalue weighted by molar-refractivity contribution is 5.69. The zero-order chi connectivity index (χ0) is 24.9. The number of aromatic amines is 1. The molecule has 0 bridgehead atoms. The topological polar surface area (TPSA) is 125 Å². The Balaban J connectivity index is 1.52. The molecule has 11 heteroatoms. The molecule has 0 amide bonds. The molecule has 0 atom stereocenters. The molecule has 0 aliphatic carbocycles. The van der Waals surface area contributed by atoms with Crippen LogP contribution in [-0.2, 0) is 19.5 Å². The summed E-state index contributed by atoms with van der Waals surface area (Å²) in [6.07, 6.45) is 10.7. The van der Waals surface area contributed by atoms with Gasteiger partial charge in [0.2, 0.25) is 5.95 Å². The lowest BCUT2D eigenvalue weighted by Crippen LogP contribution is -2.27. The van der Waals surface area contributed by atoms with Gasteiger partial charge in [0.05, 0.1) is 6.54 Å². The molecule has 0 aliphatic rings. The Hall–Kier alpha value is -4.41. The molecule has 5 rings (SSSR count). The van der Waals surface area contributed by atoms with Gasteiger partial charge in [0.25, 0.3) is 0 Å². The zero-order valence-electron chi connectivity index (χ0n) is 20.4. The van der Waals surface area contributed by atoms with E-state index in [9.17, 15) is 4.79 Å². The molecular formula is C25H28N10O. The molecule has 0 aliphatic heterocycles. The molecule has 5 aromatic rings. The fourth-order valence-corrected chi connectivity index (χ4v) is 4.31. The first-order chi connectivity index (χ1) is 17.7. The molecule has 1 N–H and O–H groups in total. The summed E-state index contributed by atoms with van der Waals surface area (Å²) in [5.74, 6) is 1.16. The van der Waals surface area contributed by atoms with Crippen molar-refractivity contribution in [1.82, 2.24) is 49.5 Å². The van der Waals surface area contributed by atoms with Gasteiger partial charge in [-0.2, -0.15) is 10.1 Å². The van der Waals surface area contributed by atoms with Crippen molar-refractivity contribution in [2.75, 3.05) is 0 Å². The quantitative estimate of drug-likeness (QED) is 0.322. The van der Waals surface area contributed by atoms with Crippen LogP contribution >= 0.6 is 0 Å². The number of aromatic nitrogens is 10. The first kappa shape index (κ1) is 23.3. The van der Waals surface area contributed by atoms with E-state index in [4.69, 9.17) is 0 Å². The zero-order valence-corrected chi connectivity index (χ0v) is 20.4. The van der Waals surface area contributed by atoms with Crippen LogP contribution in [0.3, 0.4) is 0 Å². The molecule has 0 unspecified atom stereocenters. The van der Waals surface area contributed by atoms with Gasteiger partial charge >= 0.3 is 5.69 Å². The maximum absolute atomic E-state index is 13.6. The number of hydrogen-bond acceptors (Lipinski definition) is 7. The van der Waals surface area contributed by atoms with Crippen LogP contribution in [0.2, 0.25) is 0 Å². The van der Waals surface area contributed by atoms with Crippen LogP contribution < -0.4 is 5.69 Å². The van der Waals surface area contributed by atoms with Crippen LogP contribution in [0.25, 0.3) is 28.5 Å². The Labute approximate surface area is 207 Å². The third kappa shape index (κ3) is 4.59. The molecule has 0 spiro atoms. The third-order valence-corrected chi connectivity index (χ3v) is 6.14. The van der Waals surface area contributed by atoms with Crippen molar-refractivity contribution in [2.24, 2.45) is 0 Å². The Kier molecular flexibility index (Phi) is 6.78. The summed E-state index contributed by atoms with van der Waals surface area (Å²) in [7, 11) is 0. The van der Waals surface area contributed by atoms with E-state index in [1.54, 1.807) is 15.4 Å². The second kappa shape index (κ2) is 10.5. The van der Waals surface area contributed by atoms with E-state index >= 15 is 0 Å². The summed E-state index contributed by atoms with van der Waals surface area (Å²) in [6.45, 7) is 5.33.